The van der Waals surface area contributed by atoms with Gasteiger partial charge in [0.2, 0.25) is 13.9 Å². The Labute approximate surface area is 50.5 Å². The van der Waals surface area contributed by atoms with Crippen molar-refractivity contribution in [3.63, 3.8) is 0 Å². The summed E-state index contributed by atoms with van der Waals surface area (Å²) in [5.41, 5.74) is 0. The van der Waals surface area contributed by atoms with Gasteiger partial charge in [0.1, 0.15) is 0 Å². The van der Waals surface area contributed by atoms with Crippen LogP contribution in [0.3, 0.4) is 0 Å². The Morgan fingerprint density at radius 3 is 2.25 bits per heavy atom. The van der Waals surface area contributed by atoms with E-state index in [2.05, 4.69) is 0 Å². The van der Waals surface area contributed by atoms with Gasteiger partial charge in [-0.3, -0.25) is 9.71 Å². The van der Waals surface area contributed by atoms with E-state index in [9.17, 15) is 4.79 Å². The quantitative estimate of drug-likeness (QED) is 0.354. The van der Waals surface area contributed by atoms with Crippen molar-refractivity contribution in [3.8, 4) is 0 Å². The molecule has 0 aromatic carbocycles. The van der Waals surface area contributed by atoms with Gasteiger partial charge < -0.3 is 4.92 Å². The van der Waals surface area contributed by atoms with Gasteiger partial charge >= 0.3 is 0 Å². The minimum Gasteiger partial charge on any atom is -0.347 e. The maximum atomic E-state index is 10.5. The largest absolute Gasteiger partial charge is 0.347 e. The van der Waals surface area contributed by atoms with Gasteiger partial charge in [-0.25, -0.2) is 0 Å². The first-order valence-electron chi connectivity index (χ1n) is 2.31. The standard InChI is InChI=1S/C3H4B2N2O/c4-6-2-1-3(8)7(6)5/h1-2H2. The Morgan fingerprint density at radius 2 is 2.12 bits per heavy atom. The zero-order valence-electron chi connectivity index (χ0n) is 4.37. The molecule has 4 radical (unpaired) electrons. The van der Waals surface area contributed by atoms with Crippen molar-refractivity contribution in [2.45, 2.75) is 6.42 Å². The molecule has 8 heavy (non-hydrogen) atoms. The summed E-state index contributed by atoms with van der Waals surface area (Å²) in [6.45, 7) is 0.523. The fourth-order valence-electron chi connectivity index (χ4n) is 0.576. The van der Waals surface area contributed by atoms with E-state index < -0.39 is 0 Å². The molecule has 38 valence electrons. The third-order valence-electron chi connectivity index (χ3n) is 1.09. The first-order chi connectivity index (χ1) is 3.72. The Kier molecular flexibility index (Phi) is 1.29. The highest BCUT2D eigenvalue weighted by Gasteiger charge is 2.19. The number of carbonyl (C=O) groups excluding carboxylic acids is 1. The number of hydrogen-bond acceptors (Lipinski definition) is 2. The number of rotatable bonds is 0. The van der Waals surface area contributed by atoms with E-state index in [4.69, 9.17) is 16.0 Å². The monoisotopic (exact) mass is 106 g/mol. The third-order valence-corrected chi connectivity index (χ3v) is 1.09. The predicted octanol–water partition coefficient (Wildman–Crippen LogP) is -1.40. The van der Waals surface area contributed by atoms with Gasteiger partial charge in [0.25, 0.3) is 7.98 Å². The van der Waals surface area contributed by atoms with Crippen LogP contribution in [-0.4, -0.2) is 38.3 Å². The van der Waals surface area contributed by atoms with Crippen molar-refractivity contribution in [2.75, 3.05) is 6.54 Å². The fourth-order valence-corrected chi connectivity index (χ4v) is 0.576. The third kappa shape index (κ3) is 0.733. The van der Waals surface area contributed by atoms with Crippen molar-refractivity contribution < 1.29 is 4.79 Å². The van der Waals surface area contributed by atoms with Crippen LogP contribution >= 0.6 is 0 Å². The SMILES string of the molecule is [B]N1CCC(=O)N1[B]. The first-order valence-corrected chi connectivity index (χ1v) is 2.31. The normalized spacial score (nSPS) is 22.5. The maximum absolute atomic E-state index is 10.5. The summed E-state index contributed by atoms with van der Waals surface area (Å²) in [5.74, 6) is -0.132. The summed E-state index contributed by atoms with van der Waals surface area (Å²) in [4.78, 5) is 12.6. The Morgan fingerprint density at radius 1 is 1.50 bits per heavy atom. The first kappa shape index (κ1) is 5.69. The number of hydrogen-bond donors (Lipinski definition) is 0. The van der Waals surface area contributed by atoms with E-state index in [0.29, 0.717) is 13.0 Å². The van der Waals surface area contributed by atoms with Crippen LogP contribution in [0.4, 0.5) is 0 Å². The summed E-state index contributed by atoms with van der Waals surface area (Å²) >= 11 is 0. The number of amides is 1. The minimum atomic E-state index is -0.132. The second-order valence-electron chi connectivity index (χ2n) is 1.65. The number of carbonyl (C=O) groups is 1. The van der Waals surface area contributed by atoms with Crippen molar-refractivity contribution in [3.05, 3.63) is 0 Å². The van der Waals surface area contributed by atoms with Crippen molar-refractivity contribution in [2.24, 2.45) is 0 Å². The molecule has 5 heteroatoms. The molecule has 1 heterocycles. The van der Waals surface area contributed by atoms with Crippen molar-refractivity contribution in [1.82, 2.24) is 9.84 Å². The van der Waals surface area contributed by atoms with E-state index in [-0.39, 0.29) is 5.91 Å². The van der Waals surface area contributed by atoms with E-state index in [1.807, 2.05) is 0 Å². The van der Waals surface area contributed by atoms with Gasteiger partial charge in [-0.1, -0.05) is 0 Å². The Bertz CT molecular complexity index is 118. The molecule has 0 N–H and O–H groups in total. The molecule has 0 saturated carbocycles. The van der Waals surface area contributed by atoms with E-state index in [1.54, 1.807) is 0 Å². The molecule has 3 nitrogen and oxygen atoms in total. The molecule has 1 fully saturated rings. The molecule has 0 aliphatic carbocycles. The lowest BCUT2D eigenvalue weighted by atomic mass is 10.3. The van der Waals surface area contributed by atoms with Gasteiger partial charge in [-0.2, -0.15) is 0 Å². The van der Waals surface area contributed by atoms with Crippen LogP contribution in [0.25, 0.3) is 0 Å². The molecule has 0 atom stereocenters. The molecule has 0 spiro atoms. The van der Waals surface area contributed by atoms with Gasteiger partial charge in [0, 0.05) is 13.0 Å². The van der Waals surface area contributed by atoms with Crippen LogP contribution in [0.5, 0.6) is 0 Å². The highest BCUT2D eigenvalue weighted by atomic mass is 16.2. The highest BCUT2D eigenvalue weighted by Crippen LogP contribution is 2.03. The lowest BCUT2D eigenvalue weighted by Crippen LogP contribution is -2.34. The predicted molar refractivity (Wildman–Crippen MR) is 29.7 cm³/mol. The van der Waals surface area contributed by atoms with E-state index in [0.717, 1.165) is 4.92 Å². The Hall–Kier alpha value is -0.440. The molecule has 0 aromatic rings. The van der Waals surface area contributed by atoms with Gasteiger partial charge in [-0.15, -0.1) is 0 Å². The molecule has 1 rings (SSSR count). The fraction of sp³-hybridized carbons (Fsp3) is 0.667. The van der Waals surface area contributed by atoms with Gasteiger partial charge in [-0.05, 0) is 0 Å². The van der Waals surface area contributed by atoms with Crippen LogP contribution < -0.4 is 0 Å². The summed E-state index contributed by atoms with van der Waals surface area (Å²) in [5, 5.41) is 0. The summed E-state index contributed by atoms with van der Waals surface area (Å²) < 4.78 is 0. The van der Waals surface area contributed by atoms with E-state index in [1.165, 1.54) is 4.92 Å². The number of nitrogens with zero attached hydrogens (tertiary/aromatic N) is 2. The molecular weight excluding hydrogens is 102 g/mol. The van der Waals surface area contributed by atoms with Crippen LogP contribution in [0, 0.1) is 0 Å². The zero-order valence-corrected chi connectivity index (χ0v) is 4.37. The van der Waals surface area contributed by atoms with Crippen molar-refractivity contribution >= 4 is 21.9 Å². The van der Waals surface area contributed by atoms with Crippen LogP contribution in [0.2, 0.25) is 0 Å². The summed E-state index contributed by atoms with van der Waals surface area (Å²) in [6.07, 6.45) is 0.424. The molecule has 0 unspecified atom stereocenters. The maximum Gasteiger partial charge on any atom is 0.256 e. The molecule has 1 saturated heterocycles. The average Bonchev–Trinajstić information content (AvgIpc) is 1.98. The second kappa shape index (κ2) is 1.82. The topological polar surface area (TPSA) is 23.6 Å². The summed E-state index contributed by atoms with van der Waals surface area (Å²) in [6, 6.07) is 0. The highest BCUT2D eigenvalue weighted by molar-refractivity contribution is 6.18. The average molecular weight is 106 g/mol. The van der Waals surface area contributed by atoms with E-state index >= 15 is 0 Å². The lowest BCUT2D eigenvalue weighted by molar-refractivity contribution is -0.127. The molecular formula is C3H4B2N2O. The van der Waals surface area contributed by atoms with Crippen LogP contribution in [0.15, 0.2) is 0 Å². The minimum absolute atomic E-state index is 0.132. The molecule has 1 amide bonds. The lowest BCUT2D eigenvalue weighted by Gasteiger charge is -2.19. The van der Waals surface area contributed by atoms with Crippen molar-refractivity contribution in [1.29, 1.82) is 0 Å². The molecule has 1 aliphatic rings. The zero-order chi connectivity index (χ0) is 6.15. The smallest absolute Gasteiger partial charge is 0.256 e. The van der Waals surface area contributed by atoms with Gasteiger partial charge in [0.05, 0.1) is 0 Å². The number of hydrazine groups is 1. The molecule has 0 bridgehead atoms. The summed E-state index contributed by atoms with van der Waals surface area (Å²) in [7, 11) is 10.3. The van der Waals surface area contributed by atoms with Gasteiger partial charge in [0.15, 0.2) is 0 Å². The van der Waals surface area contributed by atoms with Crippen LogP contribution in [-0.2, 0) is 4.79 Å². The van der Waals surface area contributed by atoms with Crippen LogP contribution in [0.1, 0.15) is 6.42 Å². The second-order valence-corrected chi connectivity index (χ2v) is 1.65. The molecule has 0 aromatic heterocycles. The molecule has 1 aliphatic heterocycles. The Balaban J connectivity index is 2.56.